The molecule has 0 saturated carbocycles. The van der Waals surface area contributed by atoms with Gasteiger partial charge in [0.25, 0.3) is 0 Å². The molecule has 2 amide bonds. The molecule has 1 fully saturated rings. The molecule has 160 valence electrons. The Kier molecular flexibility index (Phi) is 8.35. The van der Waals surface area contributed by atoms with Crippen molar-refractivity contribution in [3.63, 3.8) is 0 Å². The second-order valence-electron chi connectivity index (χ2n) is 6.82. The Morgan fingerprint density at radius 1 is 1.27 bits per heavy atom. The third kappa shape index (κ3) is 6.85. The number of nitrogens with zero attached hydrogens (tertiary/aromatic N) is 2. The molecule has 1 aliphatic heterocycles. The summed E-state index contributed by atoms with van der Waals surface area (Å²) in [7, 11) is 0. The number of ether oxygens (including phenoxy) is 1. The van der Waals surface area contributed by atoms with Crippen molar-refractivity contribution >= 4 is 46.8 Å². The number of primary amides is 1. The van der Waals surface area contributed by atoms with E-state index in [1.807, 2.05) is 12.1 Å². The van der Waals surface area contributed by atoms with Gasteiger partial charge in [-0.15, -0.1) is 0 Å². The van der Waals surface area contributed by atoms with E-state index in [9.17, 15) is 9.59 Å². The van der Waals surface area contributed by atoms with Crippen molar-refractivity contribution in [1.82, 2.24) is 15.2 Å². The van der Waals surface area contributed by atoms with E-state index in [1.165, 1.54) is 18.0 Å². The Morgan fingerprint density at radius 3 is 2.80 bits per heavy atom. The summed E-state index contributed by atoms with van der Waals surface area (Å²) in [5.41, 5.74) is 6.61. The number of thioether (sulfide) groups is 1. The maximum atomic E-state index is 12.1. The fourth-order valence-corrected chi connectivity index (χ4v) is 3.97. The highest BCUT2D eigenvalue weighted by Gasteiger charge is 2.21. The Morgan fingerprint density at radius 2 is 2.10 bits per heavy atom. The number of nitrogens with two attached hydrogens (primary N) is 1. The fourth-order valence-electron chi connectivity index (χ4n) is 2.97. The number of aromatic nitrogens is 1. The monoisotopic (exact) mass is 468 g/mol. The highest BCUT2D eigenvalue weighted by molar-refractivity contribution is 7.99. The zero-order valence-corrected chi connectivity index (χ0v) is 18.5. The summed E-state index contributed by atoms with van der Waals surface area (Å²) in [6.07, 6.45) is 1.32. The SMILES string of the molecule is NC(=O)c1ccc(SCC(=O)NCC2CN(Cc3ccc(Cl)c(Cl)c3)CCO2)nc1. The van der Waals surface area contributed by atoms with Crippen LogP contribution < -0.4 is 11.1 Å². The molecule has 3 rings (SSSR count). The average Bonchev–Trinajstić information content (AvgIpc) is 2.74. The van der Waals surface area contributed by atoms with Gasteiger partial charge in [-0.05, 0) is 29.8 Å². The topological polar surface area (TPSA) is 97.5 Å². The van der Waals surface area contributed by atoms with E-state index in [4.69, 9.17) is 33.7 Å². The first-order chi connectivity index (χ1) is 14.4. The smallest absolute Gasteiger partial charge is 0.250 e. The van der Waals surface area contributed by atoms with E-state index < -0.39 is 5.91 Å². The highest BCUT2D eigenvalue weighted by Crippen LogP contribution is 2.23. The molecule has 0 bridgehead atoms. The van der Waals surface area contributed by atoms with E-state index in [0.29, 0.717) is 40.3 Å². The normalized spacial score (nSPS) is 16.9. The first-order valence-corrected chi connectivity index (χ1v) is 11.1. The van der Waals surface area contributed by atoms with E-state index in [1.54, 1.807) is 18.2 Å². The molecule has 1 atom stereocenters. The van der Waals surface area contributed by atoms with Gasteiger partial charge >= 0.3 is 0 Å². The lowest BCUT2D eigenvalue weighted by atomic mass is 10.2. The van der Waals surface area contributed by atoms with Crippen LogP contribution in [0.2, 0.25) is 10.0 Å². The first-order valence-electron chi connectivity index (χ1n) is 9.34. The molecule has 2 heterocycles. The second kappa shape index (κ2) is 11.0. The van der Waals surface area contributed by atoms with Crippen LogP contribution in [0.15, 0.2) is 41.6 Å². The summed E-state index contributed by atoms with van der Waals surface area (Å²) >= 11 is 13.4. The van der Waals surface area contributed by atoms with Gasteiger partial charge in [0.2, 0.25) is 11.8 Å². The summed E-state index contributed by atoms with van der Waals surface area (Å²) in [4.78, 5) is 29.6. The second-order valence-corrected chi connectivity index (χ2v) is 8.63. The van der Waals surface area contributed by atoms with Gasteiger partial charge in [0, 0.05) is 32.4 Å². The van der Waals surface area contributed by atoms with Crippen LogP contribution >= 0.6 is 35.0 Å². The van der Waals surface area contributed by atoms with Crippen molar-refractivity contribution in [3.05, 3.63) is 57.7 Å². The largest absolute Gasteiger partial charge is 0.374 e. The molecule has 1 unspecified atom stereocenters. The Labute approximate surface area is 189 Å². The third-order valence-corrected chi connectivity index (χ3v) is 6.19. The van der Waals surface area contributed by atoms with Crippen LogP contribution in [-0.2, 0) is 16.1 Å². The van der Waals surface area contributed by atoms with E-state index >= 15 is 0 Å². The minimum absolute atomic E-state index is 0.0801. The van der Waals surface area contributed by atoms with Crippen LogP contribution in [-0.4, -0.2) is 59.8 Å². The molecule has 1 aliphatic rings. The molecule has 1 aromatic heterocycles. The lowest BCUT2D eigenvalue weighted by Gasteiger charge is -2.33. The molecule has 7 nitrogen and oxygen atoms in total. The van der Waals surface area contributed by atoms with Gasteiger partial charge in [-0.25, -0.2) is 4.98 Å². The van der Waals surface area contributed by atoms with E-state index in [2.05, 4.69) is 15.2 Å². The van der Waals surface area contributed by atoms with Gasteiger partial charge in [-0.1, -0.05) is 41.0 Å². The van der Waals surface area contributed by atoms with Crippen LogP contribution in [0.3, 0.4) is 0 Å². The van der Waals surface area contributed by atoms with E-state index in [-0.39, 0.29) is 17.8 Å². The molecule has 10 heteroatoms. The standard InChI is InChI=1S/C20H22Cl2N4O3S/c21-16-3-1-13(7-17(16)22)10-26-5-6-29-15(11-26)9-24-18(27)12-30-19-4-2-14(8-25-19)20(23)28/h1-4,7-8,15H,5-6,9-12H2,(H2,23,28)(H,24,27). The quantitative estimate of drug-likeness (QED) is 0.577. The number of carbonyl (C=O) groups is 2. The Balaban J connectivity index is 1.40. The number of pyridine rings is 1. The molecular formula is C20H22Cl2N4O3S. The summed E-state index contributed by atoms with van der Waals surface area (Å²) in [6, 6.07) is 8.89. The van der Waals surface area contributed by atoms with Crippen molar-refractivity contribution in [2.45, 2.75) is 17.7 Å². The predicted molar refractivity (Wildman–Crippen MR) is 118 cm³/mol. The van der Waals surface area contributed by atoms with Crippen LogP contribution in [0.5, 0.6) is 0 Å². The van der Waals surface area contributed by atoms with Gasteiger partial charge in [-0.2, -0.15) is 0 Å². The number of halogens is 2. The minimum atomic E-state index is -0.530. The third-order valence-electron chi connectivity index (χ3n) is 4.51. The van der Waals surface area contributed by atoms with Crippen molar-refractivity contribution in [1.29, 1.82) is 0 Å². The number of hydrogen-bond acceptors (Lipinski definition) is 6. The molecule has 3 N–H and O–H groups in total. The maximum absolute atomic E-state index is 12.1. The number of hydrogen-bond donors (Lipinski definition) is 2. The van der Waals surface area contributed by atoms with Crippen LogP contribution in [0.1, 0.15) is 15.9 Å². The number of nitrogens with one attached hydrogen (secondary N) is 1. The Hall–Kier alpha value is -1.84. The van der Waals surface area contributed by atoms with Crippen molar-refractivity contribution < 1.29 is 14.3 Å². The molecule has 2 aromatic rings. The molecule has 0 aliphatic carbocycles. The van der Waals surface area contributed by atoms with Crippen molar-refractivity contribution in [2.24, 2.45) is 5.73 Å². The highest BCUT2D eigenvalue weighted by atomic mass is 35.5. The first kappa shape index (κ1) is 22.8. The molecular weight excluding hydrogens is 447 g/mol. The molecule has 1 aromatic carbocycles. The number of benzene rings is 1. The van der Waals surface area contributed by atoms with Gasteiger partial charge in [-0.3, -0.25) is 14.5 Å². The van der Waals surface area contributed by atoms with Crippen molar-refractivity contribution in [3.8, 4) is 0 Å². The number of rotatable bonds is 8. The lowest BCUT2D eigenvalue weighted by Crippen LogP contribution is -2.47. The fraction of sp³-hybridized carbons (Fsp3) is 0.350. The van der Waals surface area contributed by atoms with Crippen LogP contribution in [0, 0.1) is 0 Å². The van der Waals surface area contributed by atoms with Gasteiger partial charge < -0.3 is 15.8 Å². The number of amides is 2. The summed E-state index contributed by atoms with van der Waals surface area (Å²) in [6.45, 7) is 3.31. The zero-order valence-electron chi connectivity index (χ0n) is 16.1. The zero-order chi connectivity index (χ0) is 21.5. The molecule has 0 spiro atoms. The minimum Gasteiger partial charge on any atom is -0.374 e. The molecule has 0 radical (unpaired) electrons. The van der Waals surface area contributed by atoms with Crippen LogP contribution in [0.4, 0.5) is 0 Å². The summed E-state index contributed by atoms with van der Waals surface area (Å²) in [5.74, 6) is -0.411. The lowest BCUT2D eigenvalue weighted by molar-refractivity contribution is -0.119. The van der Waals surface area contributed by atoms with E-state index in [0.717, 1.165) is 18.7 Å². The summed E-state index contributed by atoms with van der Waals surface area (Å²) < 4.78 is 5.77. The maximum Gasteiger partial charge on any atom is 0.250 e. The van der Waals surface area contributed by atoms with Gasteiger partial charge in [0.1, 0.15) is 0 Å². The molecule has 1 saturated heterocycles. The Bertz CT molecular complexity index is 898. The summed E-state index contributed by atoms with van der Waals surface area (Å²) in [5, 5.41) is 4.64. The van der Waals surface area contributed by atoms with Crippen molar-refractivity contribution in [2.75, 3.05) is 32.0 Å². The van der Waals surface area contributed by atoms with Crippen LogP contribution in [0.25, 0.3) is 0 Å². The van der Waals surface area contributed by atoms with Gasteiger partial charge in [0.05, 0.1) is 39.1 Å². The molecule has 30 heavy (non-hydrogen) atoms. The average molecular weight is 469 g/mol. The van der Waals surface area contributed by atoms with Gasteiger partial charge in [0.15, 0.2) is 0 Å². The number of morpholine rings is 1. The number of carbonyl (C=O) groups excluding carboxylic acids is 2. The predicted octanol–water partition coefficient (Wildman–Crippen LogP) is 2.60.